The molecule has 0 amide bonds. The SMILES string of the molecule is CC/C=C\C/C=C\C/C=C\C/C=C\C/C=C\CC(=O)OC(COC(=O)CCCCCCCCC/C=C\C/C=C\CCCCCC)COC1OC(CS(=O)(=O)O)C(O)C(O)C1O. The van der Waals surface area contributed by atoms with Gasteiger partial charge in [0.1, 0.15) is 36.8 Å². The minimum atomic E-state index is -4.62. The highest BCUT2D eigenvalue weighted by molar-refractivity contribution is 7.85. The van der Waals surface area contributed by atoms with Crippen molar-refractivity contribution in [2.24, 2.45) is 0 Å². The van der Waals surface area contributed by atoms with E-state index < -0.39 is 71.2 Å². The molecule has 13 heteroatoms. The Labute approximate surface area is 367 Å². The largest absolute Gasteiger partial charge is 0.462 e. The van der Waals surface area contributed by atoms with Gasteiger partial charge in [0, 0.05) is 6.42 Å². The van der Waals surface area contributed by atoms with Crippen molar-refractivity contribution in [1.82, 2.24) is 0 Å². The molecule has 1 fully saturated rings. The third-order valence-corrected chi connectivity index (χ3v) is 10.5. The van der Waals surface area contributed by atoms with Crippen molar-refractivity contribution in [2.75, 3.05) is 19.0 Å². The van der Waals surface area contributed by atoms with Crippen LogP contribution in [-0.4, -0.2) is 96.0 Å². The Morgan fingerprint density at radius 3 is 1.62 bits per heavy atom. The fourth-order valence-corrected chi connectivity index (χ4v) is 6.94. The van der Waals surface area contributed by atoms with Gasteiger partial charge in [0.25, 0.3) is 10.1 Å². The van der Waals surface area contributed by atoms with E-state index >= 15 is 0 Å². The van der Waals surface area contributed by atoms with Gasteiger partial charge in [-0.1, -0.05) is 150 Å². The van der Waals surface area contributed by atoms with Crippen LogP contribution in [0, 0.1) is 0 Å². The van der Waals surface area contributed by atoms with Crippen LogP contribution in [0.3, 0.4) is 0 Å². The van der Waals surface area contributed by atoms with E-state index in [0.717, 1.165) is 64.2 Å². The summed E-state index contributed by atoms with van der Waals surface area (Å²) in [7, 11) is -4.62. The van der Waals surface area contributed by atoms with Crippen LogP contribution in [0.4, 0.5) is 0 Å². The van der Waals surface area contributed by atoms with Crippen molar-refractivity contribution in [3.05, 3.63) is 85.1 Å². The number of unbranched alkanes of at least 4 members (excludes halogenated alkanes) is 11. The van der Waals surface area contributed by atoms with E-state index in [9.17, 15) is 37.9 Å². The molecule has 6 unspecified atom stereocenters. The Morgan fingerprint density at radius 2 is 1.08 bits per heavy atom. The third kappa shape index (κ3) is 32.2. The molecular weight excluding hydrogens is 801 g/mol. The maximum absolute atomic E-state index is 12.7. The van der Waals surface area contributed by atoms with E-state index in [-0.39, 0.29) is 19.4 Å². The van der Waals surface area contributed by atoms with E-state index in [1.54, 1.807) is 6.08 Å². The normalized spacial score (nSPS) is 20.8. The standard InChI is InChI=1S/C48H78O12S/c1-3-5-7-9-11-13-15-17-19-20-21-23-24-26-28-30-32-34-36-43(49)57-38-41(39-58-48-47(53)46(52)45(51)42(60-48)40-61(54,55)56)59-44(50)37-35-33-31-29-27-25-22-18-16-14-12-10-8-6-4-2/h6,8,12-15,18-20,22,27,29,33,35,41-42,45-48,51-53H,3-5,7,9-11,16-17,21,23-26,28,30-32,34,36-40H2,1-2H3,(H,54,55,56)/b8-6-,14-12-,15-13-,20-19-,22-18-,29-27-,35-33-. The molecule has 0 aromatic heterocycles. The molecule has 0 spiro atoms. The van der Waals surface area contributed by atoms with Gasteiger partial charge in [-0.2, -0.15) is 8.42 Å². The highest BCUT2D eigenvalue weighted by atomic mass is 32.2. The summed E-state index contributed by atoms with van der Waals surface area (Å²) in [6, 6.07) is 0. The number of hydrogen-bond donors (Lipinski definition) is 4. The zero-order chi connectivity index (χ0) is 44.8. The molecule has 0 radical (unpaired) electrons. The van der Waals surface area contributed by atoms with Crippen molar-refractivity contribution in [3.8, 4) is 0 Å². The fourth-order valence-electron chi connectivity index (χ4n) is 6.25. The lowest BCUT2D eigenvalue weighted by molar-refractivity contribution is -0.297. The van der Waals surface area contributed by atoms with Crippen LogP contribution in [0.1, 0.15) is 149 Å². The molecule has 0 aliphatic carbocycles. The second-order valence-corrected chi connectivity index (χ2v) is 16.8. The average Bonchev–Trinajstić information content (AvgIpc) is 3.22. The summed E-state index contributed by atoms with van der Waals surface area (Å²) in [5.41, 5.74) is 0. The van der Waals surface area contributed by atoms with Crippen LogP contribution in [0.25, 0.3) is 0 Å². The zero-order valence-electron chi connectivity index (χ0n) is 37.0. The first-order valence-electron chi connectivity index (χ1n) is 22.6. The second kappa shape index (κ2) is 37.4. The molecule has 4 N–H and O–H groups in total. The average molecular weight is 879 g/mol. The second-order valence-electron chi connectivity index (χ2n) is 15.3. The Bertz CT molecular complexity index is 1450. The first-order chi connectivity index (χ1) is 29.5. The van der Waals surface area contributed by atoms with Gasteiger partial charge in [0.2, 0.25) is 0 Å². The maximum Gasteiger partial charge on any atom is 0.310 e. The van der Waals surface area contributed by atoms with Crippen LogP contribution in [0.15, 0.2) is 85.1 Å². The highest BCUT2D eigenvalue weighted by Gasteiger charge is 2.46. The fraction of sp³-hybridized carbons (Fsp3) is 0.667. The van der Waals surface area contributed by atoms with Crippen molar-refractivity contribution in [2.45, 2.75) is 185 Å². The number of hydrogen-bond acceptors (Lipinski definition) is 11. The number of carbonyl (C=O) groups is 2. The summed E-state index contributed by atoms with van der Waals surface area (Å²) in [5, 5.41) is 30.9. The molecule has 6 atom stereocenters. The molecule has 0 aromatic rings. The van der Waals surface area contributed by atoms with Crippen LogP contribution in [0.2, 0.25) is 0 Å². The highest BCUT2D eigenvalue weighted by Crippen LogP contribution is 2.24. The van der Waals surface area contributed by atoms with Gasteiger partial charge < -0.3 is 34.3 Å². The van der Waals surface area contributed by atoms with Crippen LogP contribution in [0.5, 0.6) is 0 Å². The van der Waals surface area contributed by atoms with E-state index in [2.05, 4.69) is 74.6 Å². The number of aliphatic hydroxyl groups excluding tert-OH is 3. The molecule has 0 saturated carbocycles. The van der Waals surface area contributed by atoms with E-state index in [0.29, 0.717) is 12.8 Å². The van der Waals surface area contributed by atoms with Crippen molar-refractivity contribution in [1.29, 1.82) is 0 Å². The molecule has 0 bridgehead atoms. The third-order valence-electron chi connectivity index (χ3n) is 9.74. The van der Waals surface area contributed by atoms with E-state index in [1.165, 1.54) is 44.9 Å². The Kier molecular flexibility index (Phi) is 34.2. The molecule has 12 nitrogen and oxygen atoms in total. The Morgan fingerprint density at radius 1 is 0.590 bits per heavy atom. The van der Waals surface area contributed by atoms with Gasteiger partial charge in [0.05, 0.1) is 13.0 Å². The van der Waals surface area contributed by atoms with Gasteiger partial charge in [-0.25, -0.2) is 0 Å². The molecule has 1 aliphatic heterocycles. The topological polar surface area (TPSA) is 186 Å². The summed E-state index contributed by atoms with van der Waals surface area (Å²) in [6.45, 7) is 3.52. The minimum Gasteiger partial charge on any atom is -0.462 e. The number of esters is 2. The molecule has 0 aromatic carbocycles. The van der Waals surface area contributed by atoms with Gasteiger partial charge >= 0.3 is 11.9 Å². The molecule has 1 aliphatic rings. The van der Waals surface area contributed by atoms with Crippen molar-refractivity contribution >= 4 is 22.1 Å². The molecule has 1 heterocycles. The van der Waals surface area contributed by atoms with Gasteiger partial charge in [-0.05, 0) is 70.6 Å². The number of ether oxygens (including phenoxy) is 4. The molecular formula is C48H78O12S. The lowest BCUT2D eigenvalue weighted by atomic mass is 10.00. The minimum absolute atomic E-state index is 0.0739. The first-order valence-corrected chi connectivity index (χ1v) is 24.3. The lowest BCUT2D eigenvalue weighted by Crippen LogP contribution is -2.60. The summed E-state index contributed by atoms with van der Waals surface area (Å²) in [4.78, 5) is 25.3. The van der Waals surface area contributed by atoms with Gasteiger partial charge in [-0.3, -0.25) is 14.1 Å². The van der Waals surface area contributed by atoms with Crippen LogP contribution < -0.4 is 0 Å². The summed E-state index contributed by atoms with van der Waals surface area (Å²) < 4.78 is 53.9. The predicted octanol–water partition coefficient (Wildman–Crippen LogP) is 9.28. The Balaban J connectivity index is 2.51. The number of aliphatic hydroxyl groups is 3. The Hall–Kier alpha value is -3.17. The summed E-state index contributed by atoms with van der Waals surface area (Å²) in [6.07, 6.45) is 39.4. The van der Waals surface area contributed by atoms with Crippen LogP contribution in [-0.2, 0) is 38.7 Å². The molecule has 1 rings (SSSR count). The van der Waals surface area contributed by atoms with E-state index in [4.69, 9.17) is 18.9 Å². The zero-order valence-corrected chi connectivity index (χ0v) is 37.8. The summed E-state index contributed by atoms with van der Waals surface area (Å²) in [5.74, 6) is -2.17. The lowest BCUT2D eigenvalue weighted by Gasteiger charge is -2.40. The van der Waals surface area contributed by atoms with Crippen molar-refractivity contribution in [3.63, 3.8) is 0 Å². The molecule has 348 valence electrons. The van der Waals surface area contributed by atoms with Gasteiger partial charge in [0.15, 0.2) is 12.4 Å². The summed E-state index contributed by atoms with van der Waals surface area (Å²) >= 11 is 0. The maximum atomic E-state index is 12.7. The van der Waals surface area contributed by atoms with E-state index in [1.807, 2.05) is 18.2 Å². The monoisotopic (exact) mass is 879 g/mol. The molecule has 1 saturated heterocycles. The van der Waals surface area contributed by atoms with Crippen molar-refractivity contribution < 1.29 is 56.8 Å². The first kappa shape index (κ1) is 55.8. The van der Waals surface area contributed by atoms with Crippen LogP contribution >= 0.6 is 0 Å². The number of carbonyl (C=O) groups excluding carboxylic acids is 2. The number of rotatable bonds is 36. The smallest absolute Gasteiger partial charge is 0.310 e. The predicted molar refractivity (Wildman–Crippen MR) is 242 cm³/mol. The van der Waals surface area contributed by atoms with Gasteiger partial charge in [-0.15, -0.1) is 0 Å². The molecule has 61 heavy (non-hydrogen) atoms. The quantitative estimate of drug-likeness (QED) is 0.0203. The number of allylic oxidation sites excluding steroid dienone is 13.